The minimum Gasteiger partial charge on any atom is -0.405 e. The van der Waals surface area contributed by atoms with Gasteiger partial charge in [-0.25, -0.2) is 0 Å². The van der Waals surface area contributed by atoms with E-state index in [0.29, 0.717) is 0 Å². The monoisotopic (exact) mass is 163 g/mol. The molecule has 0 aliphatic rings. The smallest absolute Gasteiger partial charge is 0.0136 e. The van der Waals surface area contributed by atoms with Crippen molar-refractivity contribution in [3.05, 3.63) is 48.2 Å². The van der Waals surface area contributed by atoms with Gasteiger partial charge in [0.15, 0.2) is 0 Å². The molecule has 0 aliphatic heterocycles. The van der Waals surface area contributed by atoms with E-state index in [2.05, 4.69) is 50.4 Å². The molecule has 0 bridgehead atoms. The van der Waals surface area contributed by atoms with Crippen LogP contribution in [0.3, 0.4) is 0 Å². The number of benzene rings is 1. The fraction of sp³-hybridized carbons (Fsp3) is 0.273. The zero-order valence-corrected chi connectivity index (χ0v) is 7.88. The van der Waals surface area contributed by atoms with Gasteiger partial charge < -0.3 is 5.73 Å². The van der Waals surface area contributed by atoms with Crippen LogP contribution in [-0.2, 0) is 6.42 Å². The van der Waals surface area contributed by atoms with Gasteiger partial charge in [0.2, 0.25) is 0 Å². The van der Waals surface area contributed by atoms with Crippen LogP contribution >= 0.6 is 0 Å². The third kappa shape index (κ3) is 4.56. The van der Waals surface area contributed by atoms with E-state index in [0.717, 1.165) is 6.42 Å². The van der Waals surface area contributed by atoms with Gasteiger partial charge in [-0.05, 0) is 25.1 Å². The zero-order valence-electron chi connectivity index (χ0n) is 7.88. The largest absolute Gasteiger partial charge is 0.405 e. The molecule has 2 N–H and O–H groups in total. The van der Waals surface area contributed by atoms with Crippen molar-refractivity contribution in [2.24, 2.45) is 5.73 Å². The summed E-state index contributed by atoms with van der Waals surface area (Å²) in [5, 5.41) is 0. The maximum Gasteiger partial charge on any atom is -0.0136 e. The van der Waals surface area contributed by atoms with E-state index < -0.39 is 0 Å². The molecular formula is C11H17N. The van der Waals surface area contributed by atoms with Crippen molar-refractivity contribution in [3.8, 4) is 0 Å². The molecule has 12 heavy (non-hydrogen) atoms. The summed E-state index contributed by atoms with van der Waals surface area (Å²) in [5.41, 5.74) is 7.37. The molecule has 0 heterocycles. The lowest BCUT2D eigenvalue weighted by Crippen LogP contribution is -1.77. The second-order valence-corrected chi connectivity index (χ2v) is 2.57. The molecule has 0 atom stereocenters. The highest BCUT2D eigenvalue weighted by molar-refractivity contribution is 5.20. The summed E-state index contributed by atoms with van der Waals surface area (Å²) in [7, 11) is 0. The summed E-state index contributed by atoms with van der Waals surface area (Å²) >= 11 is 0. The fourth-order valence-corrected chi connectivity index (χ4v) is 0.824. The molecule has 0 fully saturated rings. The molecule has 0 aliphatic carbocycles. The van der Waals surface area contributed by atoms with Gasteiger partial charge in [-0.2, -0.15) is 0 Å². The Hall–Kier alpha value is -1.24. The number of rotatable bonds is 1. The van der Waals surface area contributed by atoms with Crippen LogP contribution in [0.2, 0.25) is 0 Å². The third-order valence-electron chi connectivity index (χ3n) is 1.53. The number of hydrogen-bond donors (Lipinski definition) is 1. The average molecular weight is 163 g/mol. The van der Waals surface area contributed by atoms with Crippen LogP contribution < -0.4 is 5.73 Å². The summed E-state index contributed by atoms with van der Waals surface area (Å²) in [6.45, 7) is 7.42. The van der Waals surface area contributed by atoms with E-state index in [1.807, 2.05) is 0 Å². The van der Waals surface area contributed by atoms with E-state index in [-0.39, 0.29) is 0 Å². The van der Waals surface area contributed by atoms with Crippen LogP contribution in [0.1, 0.15) is 18.1 Å². The molecule has 1 nitrogen and oxygen atoms in total. The standard InChI is InChI=1S/C9H12.C2H5N/c1-3-9-6-4-8(2)5-7-9;1-2-3/h4-7H,3H2,1-2H3;2H,1,3H2. The predicted octanol–water partition coefficient (Wildman–Crippen LogP) is 2.65. The van der Waals surface area contributed by atoms with Gasteiger partial charge in [0.05, 0.1) is 0 Å². The Labute approximate surface area is 74.9 Å². The van der Waals surface area contributed by atoms with E-state index in [1.165, 1.54) is 17.3 Å². The van der Waals surface area contributed by atoms with Gasteiger partial charge in [-0.3, -0.25) is 0 Å². The molecule has 0 spiro atoms. The van der Waals surface area contributed by atoms with E-state index in [4.69, 9.17) is 0 Å². The second-order valence-electron chi connectivity index (χ2n) is 2.57. The quantitative estimate of drug-likeness (QED) is 0.676. The molecule has 1 aromatic carbocycles. The molecule has 0 unspecified atom stereocenters. The summed E-state index contributed by atoms with van der Waals surface area (Å²) in [6.07, 6.45) is 2.39. The van der Waals surface area contributed by atoms with Gasteiger partial charge in [0, 0.05) is 0 Å². The van der Waals surface area contributed by atoms with Gasteiger partial charge in [-0.1, -0.05) is 43.3 Å². The first-order valence-electron chi connectivity index (χ1n) is 4.12. The summed E-state index contributed by atoms with van der Waals surface area (Å²) in [5.74, 6) is 0. The van der Waals surface area contributed by atoms with E-state index in [9.17, 15) is 0 Å². The van der Waals surface area contributed by atoms with Crippen molar-refractivity contribution in [3.63, 3.8) is 0 Å². The number of aryl methyl sites for hydroxylation is 2. The van der Waals surface area contributed by atoms with Gasteiger partial charge in [0.25, 0.3) is 0 Å². The van der Waals surface area contributed by atoms with Crippen LogP contribution in [0.25, 0.3) is 0 Å². The van der Waals surface area contributed by atoms with Crippen LogP contribution in [-0.4, -0.2) is 0 Å². The van der Waals surface area contributed by atoms with Crippen molar-refractivity contribution in [1.29, 1.82) is 0 Å². The normalized spacial score (nSPS) is 8.17. The Bertz CT molecular complexity index is 211. The van der Waals surface area contributed by atoms with Crippen molar-refractivity contribution in [2.45, 2.75) is 20.3 Å². The molecule has 1 heteroatoms. The van der Waals surface area contributed by atoms with Gasteiger partial charge in [-0.15, -0.1) is 0 Å². The van der Waals surface area contributed by atoms with E-state index in [1.54, 1.807) is 0 Å². The van der Waals surface area contributed by atoms with Crippen LogP contribution in [0, 0.1) is 6.92 Å². The van der Waals surface area contributed by atoms with E-state index >= 15 is 0 Å². The molecule has 0 saturated carbocycles. The minimum atomic E-state index is 1.14. The highest BCUT2D eigenvalue weighted by atomic mass is 14.5. The molecule has 66 valence electrons. The topological polar surface area (TPSA) is 26.0 Å². The summed E-state index contributed by atoms with van der Waals surface area (Å²) in [6, 6.07) is 8.66. The van der Waals surface area contributed by atoms with Crippen molar-refractivity contribution < 1.29 is 0 Å². The number of hydrogen-bond acceptors (Lipinski definition) is 1. The third-order valence-corrected chi connectivity index (χ3v) is 1.53. The van der Waals surface area contributed by atoms with Crippen molar-refractivity contribution >= 4 is 0 Å². The first-order valence-corrected chi connectivity index (χ1v) is 4.12. The van der Waals surface area contributed by atoms with Crippen molar-refractivity contribution in [1.82, 2.24) is 0 Å². The summed E-state index contributed by atoms with van der Waals surface area (Å²) < 4.78 is 0. The van der Waals surface area contributed by atoms with Crippen LogP contribution in [0.15, 0.2) is 37.0 Å². The van der Waals surface area contributed by atoms with Crippen LogP contribution in [0.4, 0.5) is 0 Å². The number of nitrogens with two attached hydrogens (primary N) is 1. The molecule has 0 amide bonds. The lowest BCUT2D eigenvalue weighted by molar-refractivity contribution is 1.14. The first kappa shape index (κ1) is 10.8. The maximum atomic E-state index is 4.61. The fourth-order valence-electron chi connectivity index (χ4n) is 0.824. The minimum absolute atomic E-state index is 1.14. The second kappa shape index (κ2) is 6.47. The van der Waals surface area contributed by atoms with Gasteiger partial charge in [0.1, 0.15) is 0 Å². The Balaban J connectivity index is 0.000000354. The molecule has 0 radical (unpaired) electrons. The SMILES string of the molecule is C=CN.CCc1ccc(C)cc1. The summed E-state index contributed by atoms with van der Waals surface area (Å²) in [4.78, 5) is 0. The Morgan fingerprint density at radius 2 is 1.75 bits per heavy atom. The Morgan fingerprint density at radius 3 is 2.08 bits per heavy atom. The Kier molecular flexibility index (Phi) is 5.80. The molecule has 0 saturated heterocycles. The predicted molar refractivity (Wildman–Crippen MR) is 54.9 cm³/mol. The molecule has 1 rings (SSSR count). The average Bonchev–Trinajstić information content (AvgIpc) is 2.07. The maximum absolute atomic E-state index is 4.61. The Morgan fingerprint density at radius 1 is 1.33 bits per heavy atom. The highest BCUT2D eigenvalue weighted by Crippen LogP contribution is 2.02. The zero-order chi connectivity index (χ0) is 9.40. The molecule has 0 aromatic heterocycles. The first-order chi connectivity index (χ1) is 5.74. The highest BCUT2D eigenvalue weighted by Gasteiger charge is 1.84. The van der Waals surface area contributed by atoms with Crippen molar-refractivity contribution in [2.75, 3.05) is 0 Å². The van der Waals surface area contributed by atoms with Crippen LogP contribution in [0.5, 0.6) is 0 Å². The molecule has 1 aromatic rings. The lowest BCUT2D eigenvalue weighted by Gasteiger charge is -1.94. The van der Waals surface area contributed by atoms with Gasteiger partial charge >= 0.3 is 0 Å². The molecular weight excluding hydrogens is 146 g/mol. The lowest BCUT2D eigenvalue weighted by atomic mass is 10.1.